The van der Waals surface area contributed by atoms with E-state index in [9.17, 15) is 9.59 Å². The Morgan fingerprint density at radius 1 is 1.26 bits per heavy atom. The monoisotopic (exact) mass is 458 g/mol. The van der Waals surface area contributed by atoms with Crippen molar-refractivity contribution in [3.8, 4) is 5.75 Å². The highest BCUT2D eigenvalue weighted by Gasteiger charge is 2.40. The van der Waals surface area contributed by atoms with E-state index in [4.69, 9.17) is 22.1 Å². The molecule has 1 saturated heterocycles. The van der Waals surface area contributed by atoms with Gasteiger partial charge in [-0.1, -0.05) is 54.9 Å². The Morgan fingerprint density at radius 3 is 2.71 bits per heavy atom. The van der Waals surface area contributed by atoms with Gasteiger partial charge in [0.25, 0.3) is 0 Å². The molecular weight excluding hydrogens is 436 g/mol. The van der Waals surface area contributed by atoms with Gasteiger partial charge in [0.1, 0.15) is 11.0 Å². The SMILES string of the molecule is CCCCOc1ccc(N2C(=O)CC(S/C(N)=N/N=C/c3ccccc3Cl)C2=O)cc1. The average molecular weight is 459 g/mol. The molecule has 2 amide bonds. The Balaban J connectivity index is 1.61. The maximum Gasteiger partial charge on any atom is 0.247 e. The van der Waals surface area contributed by atoms with E-state index < -0.39 is 5.25 Å². The van der Waals surface area contributed by atoms with Gasteiger partial charge in [-0.2, -0.15) is 5.10 Å². The molecule has 7 nitrogen and oxygen atoms in total. The lowest BCUT2D eigenvalue weighted by molar-refractivity contribution is -0.121. The van der Waals surface area contributed by atoms with Gasteiger partial charge in [-0.25, -0.2) is 4.90 Å². The smallest absolute Gasteiger partial charge is 0.247 e. The second-order valence-electron chi connectivity index (χ2n) is 6.78. The van der Waals surface area contributed by atoms with Crippen molar-refractivity contribution in [1.82, 2.24) is 0 Å². The quantitative estimate of drug-likeness (QED) is 0.210. The summed E-state index contributed by atoms with van der Waals surface area (Å²) in [6.45, 7) is 2.72. The van der Waals surface area contributed by atoms with Gasteiger partial charge in [0.05, 0.1) is 18.5 Å². The molecule has 0 radical (unpaired) electrons. The lowest BCUT2D eigenvalue weighted by Gasteiger charge is -2.15. The molecule has 1 fully saturated rings. The minimum atomic E-state index is -0.646. The molecule has 3 rings (SSSR count). The number of anilines is 1. The summed E-state index contributed by atoms with van der Waals surface area (Å²) in [7, 11) is 0. The van der Waals surface area contributed by atoms with Crippen molar-refractivity contribution >= 4 is 52.2 Å². The molecule has 31 heavy (non-hydrogen) atoms. The summed E-state index contributed by atoms with van der Waals surface area (Å²) in [6, 6.07) is 14.1. The zero-order valence-corrected chi connectivity index (χ0v) is 18.6. The summed E-state index contributed by atoms with van der Waals surface area (Å²) >= 11 is 7.07. The topological polar surface area (TPSA) is 97.3 Å². The lowest BCUT2D eigenvalue weighted by Crippen LogP contribution is -2.31. The van der Waals surface area contributed by atoms with E-state index in [2.05, 4.69) is 17.1 Å². The van der Waals surface area contributed by atoms with E-state index in [1.807, 2.05) is 12.1 Å². The fraction of sp³-hybridized carbons (Fsp3) is 0.273. The van der Waals surface area contributed by atoms with Gasteiger partial charge in [0.2, 0.25) is 11.8 Å². The molecule has 162 valence electrons. The number of amidine groups is 1. The molecule has 0 saturated carbocycles. The van der Waals surface area contributed by atoms with Crippen LogP contribution in [0.2, 0.25) is 5.02 Å². The Labute approximate surface area is 190 Å². The normalized spacial score (nSPS) is 17.0. The van der Waals surface area contributed by atoms with Crippen molar-refractivity contribution < 1.29 is 14.3 Å². The van der Waals surface area contributed by atoms with E-state index in [1.54, 1.807) is 36.4 Å². The van der Waals surface area contributed by atoms with Crippen molar-refractivity contribution in [3.63, 3.8) is 0 Å². The van der Waals surface area contributed by atoms with Gasteiger partial charge in [-0.15, -0.1) is 5.10 Å². The standard InChI is InChI=1S/C22H23ClN4O3S/c1-2-3-12-30-17-10-8-16(9-11-17)27-20(28)13-19(21(27)29)31-22(24)26-25-14-15-6-4-5-7-18(15)23/h4-11,14,19H,2-3,12-13H2,1H3,(H2,24,26)/b25-14+. The van der Waals surface area contributed by atoms with E-state index in [-0.39, 0.29) is 23.4 Å². The number of unbranched alkanes of at least 4 members (excludes halogenated alkanes) is 1. The number of carbonyl (C=O) groups excluding carboxylic acids is 2. The molecular formula is C22H23ClN4O3S. The van der Waals surface area contributed by atoms with Crippen LogP contribution in [0.4, 0.5) is 5.69 Å². The van der Waals surface area contributed by atoms with Crippen molar-refractivity contribution in [1.29, 1.82) is 0 Å². The maximum absolute atomic E-state index is 12.8. The molecule has 0 bridgehead atoms. The van der Waals surface area contributed by atoms with E-state index >= 15 is 0 Å². The second kappa shape index (κ2) is 11.0. The number of hydrogen-bond donors (Lipinski definition) is 1. The molecule has 2 aromatic rings. The number of thioether (sulfide) groups is 1. The van der Waals surface area contributed by atoms with Gasteiger partial charge < -0.3 is 10.5 Å². The molecule has 2 N–H and O–H groups in total. The first-order valence-electron chi connectivity index (χ1n) is 9.87. The molecule has 0 spiro atoms. The first-order chi connectivity index (χ1) is 15.0. The van der Waals surface area contributed by atoms with Crippen molar-refractivity contribution in [3.05, 3.63) is 59.1 Å². The molecule has 0 aromatic heterocycles. The number of amides is 2. The molecule has 1 heterocycles. The minimum Gasteiger partial charge on any atom is -0.494 e. The fourth-order valence-electron chi connectivity index (χ4n) is 2.89. The van der Waals surface area contributed by atoms with Crippen LogP contribution in [-0.4, -0.2) is 35.1 Å². The Kier molecular flexibility index (Phi) is 8.08. The fourth-order valence-corrected chi connectivity index (χ4v) is 3.89. The number of rotatable bonds is 8. The highest BCUT2D eigenvalue weighted by atomic mass is 35.5. The summed E-state index contributed by atoms with van der Waals surface area (Å²) < 4.78 is 5.62. The van der Waals surface area contributed by atoms with E-state index in [1.165, 1.54) is 11.1 Å². The summed E-state index contributed by atoms with van der Waals surface area (Å²) in [5.74, 6) is 0.0902. The number of benzene rings is 2. The average Bonchev–Trinajstić information content (AvgIpc) is 3.03. The van der Waals surface area contributed by atoms with Crippen LogP contribution in [0.25, 0.3) is 0 Å². The summed E-state index contributed by atoms with van der Waals surface area (Å²) in [4.78, 5) is 26.4. The zero-order chi connectivity index (χ0) is 22.2. The van der Waals surface area contributed by atoms with Crippen LogP contribution in [0.15, 0.2) is 58.7 Å². The molecule has 0 aliphatic carbocycles. The van der Waals surface area contributed by atoms with Crippen molar-refractivity contribution in [2.24, 2.45) is 15.9 Å². The van der Waals surface area contributed by atoms with Crippen molar-refractivity contribution in [2.45, 2.75) is 31.4 Å². The highest BCUT2D eigenvalue weighted by molar-refractivity contribution is 8.14. The van der Waals surface area contributed by atoms with Gasteiger partial charge in [-0.05, 0) is 36.8 Å². The number of nitrogens with two attached hydrogens (primary N) is 1. The van der Waals surface area contributed by atoms with Gasteiger partial charge in [-0.3, -0.25) is 9.59 Å². The third-order valence-electron chi connectivity index (χ3n) is 4.49. The molecule has 1 unspecified atom stereocenters. The van der Waals surface area contributed by atoms with Crippen LogP contribution in [0.5, 0.6) is 5.75 Å². The Bertz CT molecular complexity index is 995. The molecule has 9 heteroatoms. The number of halogens is 1. The maximum atomic E-state index is 12.8. The van der Waals surface area contributed by atoms with Crippen LogP contribution in [-0.2, 0) is 9.59 Å². The highest BCUT2D eigenvalue weighted by Crippen LogP contribution is 2.30. The Morgan fingerprint density at radius 2 is 2.00 bits per heavy atom. The van der Waals surface area contributed by atoms with Crippen LogP contribution in [0.3, 0.4) is 0 Å². The third kappa shape index (κ3) is 6.08. The zero-order valence-electron chi connectivity index (χ0n) is 17.0. The van der Waals surface area contributed by atoms with Crippen LogP contribution in [0.1, 0.15) is 31.7 Å². The minimum absolute atomic E-state index is 0.0443. The van der Waals surface area contributed by atoms with Crippen molar-refractivity contribution in [2.75, 3.05) is 11.5 Å². The van der Waals surface area contributed by atoms with Gasteiger partial charge in [0, 0.05) is 17.0 Å². The summed E-state index contributed by atoms with van der Waals surface area (Å²) in [5, 5.41) is 7.80. The largest absolute Gasteiger partial charge is 0.494 e. The number of carbonyl (C=O) groups is 2. The van der Waals surface area contributed by atoms with Gasteiger partial charge in [0.15, 0.2) is 5.17 Å². The van der Waals surface area contributed by atoms with E-state index in [0.717, 1.165) is 24.6 Å². The number of hydrogen-bond acceptors (Lipinski definition) is 6. The predicted octanol–water partition coefficient (Wildman–Crippen LogP) is 4.23. The first-order valence-corrected chi connectivity index (χ1v) is 11.1. The summed E-state index contributed by atoms with van der Waals surface area (Å²) in [6.07, 6.45) is 3.54. The van der Waals surface area contributed by atoms with Gasteiger partial charge >= 0.3 is 0 Å². The Hall–Kier alpha value is -2.84. The molecule has 1 aliphatic heterocycles. The number of ether oxygens (including phenoxy) is 1. The predicted molar refractivity (Wildman–Crippen MR) is 126 cm³/mol. The molecule has 1 atom stereocenters. The van der Waals surface area contributed by atoms with Crippen LogP contribution >= 0.6 is 23.4 Å². The lowest BCUT2D eigenvalue weighted by atomic mass is 10.2. The number of nitrogens with zero attached hydrogens (tertiary/aromatic N) is 3. The summed E-state index contributed by atoms with van der Waals surface area (Å²) in [5.41, 5.74) is 7.10. The third-order valence-corrected chi connectivity index (χ3v) is 5.81. The van der Waals surface area contributed by atoms with E-state index in [0.29, 0.717) is 28.6 Å². The van der Waals surface area contributed by atoms with Crippen LogP contribution in [0, 0.1) is 0 Å². The van der Waals surface area contributed by atoms with Crippen LogP contribution < -0.4 is 15.4 Å². The molecule has 2 aromatic carbocycles. The first kappa shape index (κ1) is 22.8. The number of imide groups is 1. The second-order valence-corrected chi connectivity index (χ2v) is 8.41. The molecule has 1 aliphatic rings.